The van der Waals surface area contributed by atoms with Crippen molar-refractivity contribution in [2.24, 2.45) is 16.7 Å². The Morgan fingerprint density at radius 3 is 2.29 bits per heavy atom. The van der Waals surface area contributed by atoms with Crippen LogP contribution in [0.1, 0.15) is 44.8 Å². The Morgan fingerprint density at radius 1 is 0.979 bits per heavy atom. The Bertz CT molecular complexity index is 1810. The number of nitrogen functional groups attached to an aromatic ring is 3. The van der Waals surface area contributed by atoms with Crippen molar-refractivity contribution in [1.82, 2.24) is 36.1 Å². The Kier molecular flexibility index (Phi) is 13.2. The molecule has 4 rings (SSSR count). The second-order valence-electron chi connectivity index (χ2n) is 9.86. The van der Waals surface area contributed by atoms with Gasteiger partial charge in [-0.25, -0.2) is 21.3 Å². The lowest BCUT2D eigenvalue weighted by Crippen LogP contribution is -2.30. The van der Waals surface area contributed by atoms with Gasteiger partial charge in [0.25, 0.3) is 18.3 Å². The maximum Gasteiger partial charge on any atom is 0.290 e. The molecule has 2 aromatic heterocycles. The number of amides is 2. The second-order valence-corrected chi connectivity index (χ2v) is 9.86. The van der Waals surface area contributed by atoms with Crippen LogP contribution < -0.4 is 49.8 Å². The highest BCUT2D eigenvalue weighted by molar-refractivity contribution is 6.09. The van der Waals surface area contributed by atoms with Crippen LogP contribution in [0.25, 0.3) is 11.2 Å². The van der Waals surface area contributed by atoms with Gasteiger partial charge in [-0.2, -0.15) is 9.97 Å². The molecule has 14 N–H and O–H groups in total. The summed E-state index contributed by atoms with van der Waals surface area (Å²) < 4.78 is 0. The molecule has 2 aromatic carbocycles. The number of carboxylic acid groups (broad SMARTS) is 1. The summed E-state index contributed by atoms with van der Waals surface area (Å²) in [6.45, 7) is 1.19. The number of benzene rings is 2. The van der Waals surface area contributed by atoms with Crippen LogP contribution in [0.15, 0.2) is 53.8 Å². The normalized spacial score (nSPS) is 10.6. The van der Waals surface area contributed by atoms with Gasteiger partial charge in [0.2, 0.25) is 5.95 Å². The monoisotopic (exact) mass is 656 g/mol. The van der Waals surface area contributed by atoms with E-state index >= 15 is 0 Å². The van der Waals surface area contributed by atoms with Gasteiger partial charge in [0.1, 0.15) is 0 Å². The molecule has 250 valence electrons. The molecule has 0 radical (unpaired) electrons. The number of anilines is 4. The van der Waals surface area contributed by atoms with Gasteiger partial charge in [0, 0.05) is 35.6 Å². The van der Waals surface area contributed by atoms with Crippen molar-refractivity contribution in [2.75, 3.05) is 41.7 Å². The Balaban J connectivity index is 0.00000201. The van der Waals surface area contributed by atoms with Gasteiger partial charge in [0.05, 0.1) is 30.5 Å². The summed E-state index contributed by atoms with van der Waals surface area (Å²) in [5.74, 6) is 7.46. The first kappa shape index (κ1) is 35.7. The number of fused-ring (bicyclic) bond motifs is 1. The summed E-state index contributed by atoms with van der Waals surface area (Å²) in [5, 5.41) is 16.3. The van der Waals surface area contributed by atoms with Crippen LogP contribution in [-0.4, -0.2) is 68.8 Å². The molecule has 0 aliphatic rings. The Labute approximate surface area is 275 Å². The Hall–Kier alpha value is -6.74. The quantitative estimate of drug-likeness (QED) is 0.0128. The second kappa shape index (κ2) is 17.7. The van der Waals surface area contributed by atoms with Crippen molar-refractivity contribution >= 4 is 58.4 Å². The molecule has 18 heteroatoms. The van der Waals surface area contributed by atoms with E-state index in [1.165, 1.54) is 0 Å². The molecule has 0 bridgehead atoms. The minimum absolute atomic E-state index is 0.0211. The third-order valence-electron chi connectivity index (χ3n) is 6.55. The number of nitrogens with one attached hydrogen (secondary N) is 3. The van der Waals surface area contributed by atoms with Gasteiger partial charge < -0.3 is 43.6 Å². The predicted molar refractivity (Wildman–Crippen MR) is 182 cm³/mol. The number of nitrogens with zero attached hydrogens (tertiary/aromatic N) is 6. The molecular formula is C30H36N14O4. The van der Waals surface area contributed by atoms with Crippen LogP contribution in [0.5, 0.6) is 0 Å². The minimum Gasteiger partial charge on any atom is -0.483 e. The number of hydrazine groups is 1. The standard InChI is InChI=1S/C29H34N14O2.CH2O2/c1-2-13-43(16-19-15-37-26-23(38-19)25(32)39-29(33)40-26)20-8-5-17(6-9-20)27(44)35-11-3-4-12-36-28(45)21-10-7-18(30)14-22(21)24(31)41-42-34;2-1-3/h1,5-10,14-15,42H,3-4,11-13,16,30,34H2,(H2,31,41)(H,35,44)(H,36,45)(H4,32,33,37,39,40);1H,(H,2,3). The number of carbonyl (C=O) groups excluding carboxylic acids is 2. The van der Waals surface area contributed by atoms with Crippen LogP contribution in [0.2, 0.25) is 0 Å². The van der Waals surface area contributed by atoms with Crippen molar-refractivity contribution in [3.8, 4) is 12.3 Å². The van der Waals surface area contributed by atoms with Crippen molar-refractivity contribution in [3.63, 3.8) is 0 Å². The lowest BCUT2D eigenvalue weighted by atomic mass is 10.0. The average Bonchev–Trinajstić information content (AvgIpc) is 3.06. The van der Waals surface area contributed by atoms with E-state index in [1.54, 1.807) is 48.7 Å². The summed E-state index contributed by atoms with van der Waals surface area (Å²) in [4.78, 5) is 52.5. The van der Waals surface area contributed by atoms with Gasteiger partial charge in [-0.1, -0.05) is 5.92 Å². The number of hydrogen-bond donors (Lipinski definition) is 9. The van der Waals surface area contributed by atoms with E-state index < -0.39 is 0 Å². The fourth-order valence-corrected chi connectivity index (χ4v) is 4.38. The van der Waals surface area contributed by atoms with Crippen LogP contribution in [0.3, 0.4) is 0 Å². The van der Waals surface area contributed by atoms with Gasteiger partial charge in [-0.05, 0) is 55.3 Å². The van der Waals surface area contributed by atoms with E-state index in [9.17, 15) is 9.59 Å². The van der Waals surface area contributed by atoms with Gasteiger partial charge in [-0.3, -0.25) is 14.4 Å². The lowest BCUT2D eigenvalue weighted by Gasteiger charge is -2.22. The number of carbonyl (C=O) groups is 3. The summed E-state index contributed by atoms with van der Waals surface area (Å²) in [5.41, 5.74) is 29.0. The molecule has 2 heterocycles. The van der Waals surface area contributed by atoms with E-state index in [0.29, 0.717) is 78.3 Å². The van der Waals surface area contributed by atoms with E-state index in [0.717, 1.165) is 5.69 Å². The number of hydrogen-bond acceptors (Lipinski definition) is 14. The summed E-state index contributed by atoms with van der Waals surface area (Å²) in [7, 11) is 0. The molecule has 0 aliphatic heterocycles. The van der Waals surface area contributed by atoms with Crippen LogP contribution in [-0.2, 0) is 11.3 Å². The Morgan fingerprint density at radius 2 is 1.65 bits per heavy atom. The zero-order valence-corrected chi connectivity index (χ0v) is 25.8. The first-order valence-corrected chi connectivity index (χ1v) is 14.3. The van der Waals surface area contributed by atoms with E-state index in [4.69, 9.17) is 45.1 Å². The third kappa shape index (κ3) is 9.88. The summed E-state index contributed by atoms with van der Waals surface area (Å²) in [6, 6.07) is 11.8. The summed E-state index contributed by atoms with van der Waals surface area (Å²) in [6.07, 6.45) is 8.46. The minimum atomic E-state index is -0.334. The highest BCUT2D eigenvalue weighted by Gasteiger charge is 2.15. The molecule has 0 aliphatic carbocycles. The number of amidine groups is 1. The average molecular weight is 657 g/mol. The molecule has 0 unspecified atom stereocenters. The zero-order chi connectivity index (χ0) is 35.1. The van der Waals surface area contributed by atoms with Gasteiger partial charge in [-0.15, -0.1) is 11.5 Å². The number of terminal acetylenes is 1. The molecule has 0 spiro atoms. The van der Waals surface area contributed by atoms with Gasteiger partial charge >= 0.3 is 0 Å². The van der Waals surface area contributed by atoms with Gasteiger partial charge in [0.15, 0.2) is 22.8 Å². The van der Waals surface area contributed by atoms with E-state index in [1.807, 2.05) is 4.90 Å². The molecule has 4 aromatic rings. The molecule has 0 saturated carbocycles. The number of unbranched alkanes of at least 4 members (excludes halogenated alkanes) is 1. The van der Waals surface area contributed by atoms with Crippen LogP contribution in [0.4, 0.5) is 23.1 Å². The number of aromatic nitrogens is 4. The molecule has 48 heavy (non-hydrogen) atoms. The largest absolute Gasteiger partial charge is 0.483 e. The maximum atomic E-state index is 12.7. The molecule has 0 fully saturated rings. The smallest absolute Gasteiger partial charge is 0.290 e. The van der Waals surface area contributed by atoms with Crippen molar-refractivity contribution in [1.29, 1.82) is 0 Å². The highest BCUT2D eigenvalue weighted by atomic mass is 16.3. The maximum absolute atomic E-state index is 12.7. The topological polar surface area (TPSA) is 305 Å². The molecule has 0 saturated heterocycles. The lowest BCUT2D eigenvalue weighted by molar-refractivity contribution is -0.122. The first-order chi connectivity index (χ1) is 23.1. The summed E-state index contributed by atoms with van der Waals surface area (Å²) >= 11 is 0. The van der Waals surface area contributed by atoms with E-state index in [-0.39, 0.29) is 35.9 Å². The zero-order valence-electron chi connectivity index (χ0n) is 25.8. The number of hydrazone groups is 1. The molecular weight excluding hydrogens is 620 g/mol. The number of nitrogens with two attached hydrogens (primary N) is 5. The highest BCUT2D eigenvalue weighted by Crippen LogP contribution is 2.20. The van der Waals surface area contributed by atoms with Crippen molar-refractivity contribution in [2.45, 2.75) is 19.4 Å². The first-order valence-electron chi connectivity index (χ1n) is 14.3. The van der Waals surface area contributed by atoms with E-state index in [2.05, 4.69) is 47.1 Å². The van der Waals surface area contributed by atoms with Crippen molar-refractivity contribution in [3.05, 3.63) is 71.0 Å². The molecule has 18 nitrogen and oxygen atoms in total. The molecule has 2 amide bonds. The van der Waals surface area contributed by atoms with Crippen molar-refractivity contribution < 1.29 is 19.5 Å². The third-order valence-corrected chi connectivity index (χ3v) is 6.55. The van der Waals surface area contributed by atoms with Crippen LogP contribution in [0, 0.1) is 12.3 Å². The SMILES string of the molecule is C#CCN(Cc1cnc2nc(N)nc(N)c2n1)c1ccc(C(=O)NCCCCNC(=O)c2ccc(N)cc2/C(N)=N/NN)cc1.O=CO. The molecule has 0 atom stereocenters. The fourth-order valence-electron chi connectivity index (χ4n) is 4.38. The fraction of sp³-hybridized carbons (Fsp3) is 0.200. The van der Waals surface area contributed by atoms with Crippen LogP contribution >= 0.6 is 0 Å². The predicted octanol–water partition coefficient (Wildman–Crippen LogP) is -0.469. The number of rotatable bonds is 13.